The second-order valence-corrected chi connectivity index (χ2v) is 9.16. The van der Waals surface area contributed by atoms with Gasteiger partial charge in [-0.3, -0.25) is 0 Å². The lowest BCUT2D eigenvalue weighted by Gasteiger charge is -2.27. The summed E-state index contributed by atoms with van der Waals surface area (Å²) >= 11 is 0. The van der Waals surface area contributed by atoms with Crippen molar-refractivity contribution in [2.24, 2.45) is 5.73 Å². The SMILES string of the molecule is CC(C)(C)OC(=O)NCCCN(CCCCNC(=O)OCCCN)C(=O)OC(C)(C)C. The summed E-state index contributed by atoms with van der Waals surface area (Å²) in [7, 11) is 0. The monoisotopic (exact) mass is 446 g/mol. The lowest BCUT2D eigenvalue weighted by molar-refractivity contribution is 0.0244. The summed E-state index contributed by atoms with van der Waals surface area (Å²) in [4.78, 5) is 37.3. The molecule has 0 aromatic heterocycles. The maximum Gasteiger partial charge on any atom is 0.410 e. The second-order valence-electron chi connectivity index (χ2n) is 9.16. The summed E-state index contributed by atoms with van der Waals surface area (Å²) in [6.45, 7) is 13.3. The maximum atomic E-state index is 12.5. The van der Waals surface area contributed by atoms with Gasteiger partial charge in [0.05, 0.1) is 6.61 Å². The van der Waals surface area contributed by atoms with Gasteiger partial charge in [0.15, 0.2) is 0 Å². The third kappa shape index (κ3) is 18.3. The minimum atomic E-state index is -0.598. The Balaban J connectivity index is 4.35. The Labute approximate surface area is 186 Å². The average molecular weight is 447 g/mol. The average Bonchev–Trinajstić information content (AvgIpc) is 2.60. The zero-order valence-electron chi connectivity index (χ0n) is 20.0. The molecule has 0 aromatic rings. The van der Waals surface area contributed by atoms with Crippen molar-refractivity contribution in [3.05, 3.63) is 0 Å². The molecule has 0 saturated heterocycles. The van der Waals surface area contributed by atoms with E-state index in [0.29, 0.717) is 65.0 Å². The van der Waals surface area contributed by atoms with Gasteiger partial charge in [-0.2, -0.15) is 0 Å². The number of nitrogens with one attached hydrogen (secondary N) is 2. The van der Waals surface area contributed by atoms with Gasteiger partial charge in [-0.05, 0) is 73.8 Å². The quantitative estimate of drug-likeness (QED) is 0.310. The van der Waals surface area contributed by atoms with Crippen LogP contribution in [0.15, 0.2) is 0 Å². The van der Waals surface area contributed by atoms with Gasteiger partial charge in [-0.1, -0.05) is 0 Å². The van der Waals surface area contributed by atoms with Gasteiger partial charge in [0, 0.05) is 26.2 Å². The van der Waals surface area contributed by atoms with Crippen molar-refractivity contribution in [3.63, 3.8) is 0 Å². The summed E-state index contributed by atoms with van der Waals surface area (Å²) in [6, 6.07) is 0. The zero-order chi connectivity index (χ0) is 23.9. The molecule has 0 heterocycles. The van der Waals surface area contributed by atoms with E-state index in [4.69, 9.17) is 19.9 Å². The van der Waals surface area contributed by atoms with Crippen LogP contribution in [0.1, 0.15) is 67.2 Å². The van der Waals surface area contributed by atoms with Crippen molar-refractivity contribution in [1.82, 2.24) is 15.5 Å². The van der Waals surface area contributed by atoms with E-state index in [0.717, 1.165) is 0 Å². The van der Waals surface area contributed by atoms with Crippen LogP contribution in [0, 0.1) is 0 Å². The van der Waals surface area contributed by atoms with Gasteiger partial charge in [-0.15, -0.1) is 0 Å². The third-order valence-electron chi connectivity index (χ3n) is 3.63. The van der Waals surface area contributed by atoms with Crippen LogP contribution in [0.3, 0.4) is 0 Å². The summed E-state index contributed by atoms with van der Waals surface area (Å²) < 4.78 is 15.6. The topological polar surface area (TPSA) is 132 Å². The van der Waals surface area contributed by atoms with E-state index in [1.807, 2.05) is 20.8 Å². The summed E-state index contributed by atoms with van der Waals surface area (Å²) in [5, 5.41) is 5.35. The van der Waals surface area contributed by atoms with Crippen molar-refractivity contribution in [2.45, 2.75) is 78.4 Å². The normalized spacial score (nSPS) is 11.5. The fourth-order valence-electron chi connectivity index (χ4n) is 2.31. The van der Waals surface area contributed by atoms with E-state index >= 15 is 0 Å². The molecule has 10 heteroatoms. The standard InChI is InChI=1S/C21H42N4O6/c1-20(2,3)30-18(27)24-13-10-15-25(19(28)31-21(4,5)6)14-8-7-12-23-17(26)29-16-9-11-22/h7-16,22H2,1-6H3,(H,23,26)(H,24,27). The van der Waals surface area contributed by atoms with Crippen molar-refractivity contribution in [1.29, 1.82) is 0 Å². The number of hydrogen-bond donors (Lipinski definition) is 3. The molecule has 0 atom stereocenters. The van der Waals surface area contributed by atoms with Crippen LogP contribution in [0.25, 0.3) is 0 Å². The molecule has 0 rings (SSSR count). The van der Waals surface area contributed by atoms with E-state index in [1.54, 1.807) is 25.7 Å². The lowest BCUT2D eigenvalue weighted by Crippen LogP contribution is -2.39. The highest BCUT2D eigenvalue weighted by Crippen LogP contribution is 2.11. The van der Waals surface area contributed by atoms with Crippen LogP contribution in [0.2, 0.25) is 0 Å². The first kappa shape index (κ1) is 28.8. The van der Waals surface area contributed by atoms with E-state index in [9.17, 15) is 14.4 Å². The first-order valence-corrected chi connectivity index (χ1v) is 10.9. The van der Waals surface area contributed by atoms with E-state index in [1.165, 1.54) is 0 Å². The number of nitrogens with zero attached hydrogens (tertiary/aromatic N) is 1. The fourth-order valence-corrected chi connectivity index (χ4v) is 2.31. The predicted molar refractivity (Wildman–Crippen MR) is 119 cm³/mol. The molecule has 0 radical (unpaired) electrons. The second kappa shape index (κ2) is 14.7. The Kier molecular flexibility index (Phi) is 13.7. The van der Waals surface area contributed by atoms with Gasteiger partial charge in [0.25, 0.3) is 0 Å². The number of rotatable bonds is 12. The molecular formula is C21H42N4O6. The van der Waals surface area contributed by atoms with Crippen LogP contribution < -0.4 is 16.4 Å². The largest absolute Gasteiger partial charge is 0.450 e. The molecule has 31 heavy (non-hydrogen) atoms. The molecular weight excluding hydrogens is 404 g/mol. The molecule has 3 amide bonds. The van der Waals surface area contributed by atoms with Gasteiger partial charge in [0.2, 0.25) is 0 Å². The number of carbonyl (C=O) groups excluding carboxylic acids is 3. The van der Waals surface area contributed by atoms with Gasteiger partial charge >= 0.3 is 18.3 Å². The highest BCUT2D eigenvalue weighted by molar-refractivity contribution is 5.68. The van der Waals surface area contributed by atoms with Crippen molar-refractivity contribution < 1.29 is 28.6 Å². The molecule has 0 aromatic carbocycles. The fraction of sp³-hybridized carbons (Fsp3) is 0.857. The molecule has 0 fully saturated rings. The number of alkyl carbamates (subject to hydrolysis) is 2. The summed E-state index contributed by atoms with van der Waals surface area (Å²) in [5.74, 6) is 0. The van der Waals surface area contributed by atoms with E-state index in [-0.39, 0.29) is 0 Å². The van der Waals surface area contributed by atoms with Gasteiger partial charge in [0.1, 0.15) is 11.2 Å². The molecule has 0 aliphatic carbocycles. The minimum Gasteiger partial charge on any atom is -0.450 e. The van der Waals surface area contributed by atoms with Crippen molar-refractivity contribution in [3.8, 4) is 0 Å². The lowest BCUT2D eigenvalue weighted by atomic mass is 10.2. The van der Waals surface area contributed by atoms with E-state index < -0.39 is 29.5 Å². The first-order valence-electron chi connectivity index (χ1n) is 10.9. The van der Waals surface area contributed by atoms with Crippen LogP contribution in [0.4, 0.5) is 14.4 Å². The van der Waals surface area contributed by atoms with Crippen molar-refractivity contribution >= 4 is 18.3 Å². The number of ether oxygens (including phenoxy) is 3. The van der Waals surface area contributed by atoms with Crippen LogP contribution >= 0.6 is 0 Å². The summed E-state index contributed by atoms with van der Waals surface area (Å²) in [6.07, 6.45) is 1.19. The Morgan fingerprint density at radius 2 is 1.32 bits per heavy atom. The number of carbonyl (C=O) groups is 3. The molecule has 0 saturated carbocycles. The highest BCUT2D eigenvalue weighted by Gasteiger charge is 2.22. The molecule has 0 bridgehead atoms. The molecule has 0 unspecified atom stereocenters. The highest BCUT2D eigenvalue weighted by atomic mass is 16.6. The third-order valence-corrected chi connectivity index (χ3v) is 3.63. The molecule has 182 valence electrons. The number of amides is 3. The van der Waals surface area contributed by atoms with Crippen LogP contribution in [-0.2, 0) is 14.2 Å². The molecule has 0 aliphatic rings. The number of unbranched alkanes of at least 4 members (excludes halogenated alkanes) is 1. The Morgan fingerprint density at radius 3 is 1.90 bits per heavy atom. The molecule has 4 N–H and O–H groups in total. The van der Waals surface area contributed by atoms with Gasteiger partial charge in [-0.25, -0.2) is 14.4 Å². The Morgan fingerprint density at radius 1 is 0.774 bits per heavy atom. The molecule has 0 aliphatic heterocycles. The van der Waals surface area contributed by atoms with Crippen molar-refractivity contribution in [2.75, 3.05) is 39.3 Å². The van der Waals surface area contributed by atoms with Gasteiger partial charge < -0.3 is 35.5 Å². The minimum absolute atomic E-state index is 0.298. The zero-order valence-corrected chi connectivity index (χ0v) is 20.0. The Bertz CT molecular complexity index is 543. The van der Waals surface area contributed by atoms with Crippen LogP contribution in [-0.4, -0.2) is 73.7 Å². The summed E-state index contributed by atoms with van der Waals surface area (Å²) in [5.41, 5.74) is 4.19. The predicted octanol–water partition coefficient (Wildman–Crippen LogP) is 2.99. The maximum absolute atomic E-state index is 12.5. The number of hydrogen-bond acceptors (Lipinski definition) is 7. The van der Waals surface area contributed by atoms with E-state index in [2.05, 4.69) is 10.6 Å². The molecule has 10 nitrogen and oxygen atoms in total. The molecule has 0 spiro atoms. The smallest absolute Gasteiger partial charge is 0.410 e. The Hall–Kier alpha value is -2.23. The number of nitrogens with two attached hydrogens (primary N) is 1. The van der Waals surface area contributed by atoms with Crippen LogP contribution in [0.5, 0.6) is 0 Å². The first-order chi connectivity index (χ1) is 14.3.